The fraction of sp³-hybridized carbons (Fsp3) is 0.273. The van der Waals surface area contributed by atoms with Crippen LogP contribution in [-0.4, -0.2) is 12.4 Å². The van der Waals surface area contributed by atoms with Crippen LogP contribution >= 0.6 is 0 Å². The standard InChI is InChI=1S/C11H10FNO2/c1-3-15-11-4-8(6-13)9(7(2)14)5-10(11)12/h4-5H,3H2,1-2H3. The molecule has 0 aliphatic carbocycles. The van der Waals surface area contributed by atoms with Crippen LogP contribution in [0.5, 0.6) is 5.75 Å². The van der Waals surface area contributed by atoms with Crippen LogP contribution in [-0.2, 0) is 0 Å². The number of carbonyl (C=O) groups excluding carboxylic acids is 1. The molecular formula is C11H10FNO2. The van der Waals surface area contributed by atoms with E-state index in [0.29, 0.717) is 6.61 Å². The molecule has 78 valence electrons. The van der Waals surface area contributed by atoms with Gasteiger partial charge in [0.1, 0.15) is 6.07 Å². The van der Waals surface area contributed by atoms with E-state index in [0.717, 1.165) is 6.07 Å². The minimum atomic E-state index is -0.624. The zero-order valence-electron chi connectivity index (χ0n) is 8.50. The topological polar surface area (TPSA) is 50.1 Å². The molecule has 1 aromatic rings. The van der Waals surface area contributed by atoms with Gasteiger partial charge in [-0.15, -0.1) is 0 Å². The van der Waals surface area contributed by atoms with Gasteiger partial charge in [-0.25, -0.2) is 4.39 Å². The highest BCUT2D eigenvalue weighted by molar-refractivity contribution is 5.96. The van der Waals surface area contributed by atoms with E-state index in [2.05, 4.69) is 0 Å². The molecule has 1 rings (SSSR count). The summed E-state index contributed by atoms with van der Waals surface area (Å²) >= 11 is 0. The molecule has 0 amide bonds. The number of ketones is 1. The third-order valence-electron chi connectivity index (χ3n) is 1.87. The lowest BCUT2D eigenvalue weighted by Crippen LogP contribution is -2.01. The summed E-state index contributed by atoms with van der Waals surface area (Å²) in [7, 11) is 0. The Morgan fingerprint density at radius 2 is 2.27 bits per heavy atom. The summed E-state index contributed by atoms with van der Waals surface area (Å²) in [4.78, 5) is 11.1. The molecule has 3 nitrogen and oxygen atoms in total. The highest BCUT2D eigenvalue weighted by Crippen LogP contribution is 2.22. The maximum absolute atomic E-state index is 13.3. The van der Waals surface area contributed by atoms with E-state index in [1.807, 2.05) is 6.07 Å². The molecule has 0 aliphatic rings. The van der Waals surface area contributed by atoms with Gasteiger partial charge in [0.2, 0.25) is 0 Å². The van der Waals surface area contributed by atoms with Crippen LogP contribution in [0.15, 0.2) is 12.1 Å². The molecule has 0 saturated heterocycles. The highest BCUT2D eigenvalue weighted by Gasteiger charge is 2.13. The van der Waals surface area contributed by atoms with E-state index in [-0.39, 0.29) is 22.7 Å². The molecule has 0 atom stereocenters. The highest BCUT2D eigenvalue weighted by atomic mass is 19.1. The van der Waals surface area contributed by atoms with E-state index in [9.17, 15) is 9.18 Å². The smallest absolute Gasteiger partial charge is 0.165 e. The van der Waals surface area contributed by atoms with Crippen LogP contribution in [0, 0.1) is 17.1 Å². The Balaban J connectivity index is 3.30. The van der Waals surface area contributed by atoms with Crippen molar-refractivity contribution < 1.29 is 13.9 Å². The van der Waals surface area contributed by atoms with Crippen LogP contribution in [0.4, 0.5) is 4.39 Å². The van der Waals surface area contributed by atoms with Crippen LogP contribution < -0.4 is 4.74 Å². The summed E-state index contributed by atoms with van der Waals surface area (Å²) in [5, 5.41) is 8.77. The molecule has 0 aromatic heterocycles. The minimum absolute atomic E-state index is 0.000880. The number of carbonyl (C=O) groups is 1. The molecule has 4 heteroatoms. The van der Waals surface area contributed by atoms with Gasteiger partial charge in [-0.3, -0.25) is 4.79 Å². The fourth-order valence-electron chi connectivity index (χ4n) is 1.20. The molecule has 0 bridgehead atoms. The van der Waals surface area contributed by atoms with E-state index in [1.54, 1.807) is 6.92 Å². The molecule has 1 aromatic carbocycles. The van der Waals surface area contributed by atoms with Gasteiger partial charge in [0.05, 0.1) is 12.2 Å². The average Bonchev–Trinajstić information content (AvgIpc) is 2.20. The monoisotopic (exact) mass is 207 g/mol. The summed E-state index contributed by atoms with van der Waals surface area (Å²) in [6, 6.07) is 4.11. The lowest BCUT2D eigenvalue weighted by Gasteiger charge is -2.06. The Morgan fingerprint density at radius 3 is 2.73 bits per heavy atom. The summed E-state index contributed by atoms with van der Waals surface area (Å²) in [5.74, 6) is -0.964. The van der Waals surface area contributed by atoms with Gasteiger partial charge in [-0.1, -0.05) is 0 Å². The van der Waals surface area contributed by atoms with Crippen molar-refractivity contribution in [1.29, 1.82) is 5.26 Å². The summed E-state index contributed by atoms with van der Waals surface area (Å²) in [6.07, 6.45) is 0. The van der Waals surface area contributed by atoms with Crippen molar-refractivity contribution in [2.45, 2.75) is 13.8 Å². The van der Waals surface area contributed by atoms with Crippen molar-refractivity contribution in [2.75, 3.05) is 6.61 Å². The Kier molecular flexibility index (Phi) is 3.40. The predicted octanol–water partition coefficient (Wildman–Crippen LogP) is 2.30. The Morgan fingerprint density at radius 1 is 1.60 bits per heavy atom. The third-order valence-corrected chi connectivity index (χ3v) is 1.87. The van der Waals surface area contributed by atoms with Crippen molar-refractivity contribution in [1.82, 2.24) is 0 Å². The van der Waals surface area contributed by atoms with Crippen LogP contribution in [0.25, 0.3) is 0 Å². The SMILES string of the molecule is CCOc1cc(C#N)c(C(C)=O)cc1F. The van der Waals surface area contributed by atoms with E-state index >= 15 is 0 Å². The summed E-state index contributed by atoms with van der Waals surface area (Å²) in [6.45, 7) is 3.31. The Bertz CT molecular complexity index is 435. The van der Waals surface area contributed by atoms with Gasteiger partial charge in [0.25, 0.3) is 0 Å². The normalized spacial score (nSPS) is 9.47. The lowest BCUT2D eigenvalue weighted by atomic mass is 10.0. The molecular weight excluding hydrogens is 197 g/mol. The molecule has 0 unspecified atom stereocenters. The number of halogens is 1. The molecule has 0 heterocycles. The second kappa shape index (κ2) is 4.56. The first-order valence-corrected chi connectivity index (χ1v) is 4.47. The average molecular weight is 207 g/mol. The first-order valence-electron chi connectivity index (χ1n) is 4.47. The van der Waals surface area contributed by atoms with E-state index < -0.39 is 5.82 Å². The van der Waals surface area contributed by atoms with Gasteiger partial charge in [-0.2, -0.15) is 5.26 Å². The first-order chi connectivity index (χ1) is 7.10. The molecule has 0 spiro atoms. The molecule has 0 radical (unpaired) electrons. The van der Waals surface area contributed by atoms with Crippen molar-refractivity contribution in [3.8, 4) is 11.8 Å². The quantitative estimate of drug-likeness (QED) is 0.714. The first kappa shape index (κ1) is 11.2. The summed E-state index contributed by atoms with van der Waals surface area (Å²) < 4.78 is 18.3. The van der Waals surface area contributed by atoms with Crippen molar-refractivity contribution >= 4 is 5.78 Å². The number of nitriles is 1. The zero-order valence-corrected chi connectivity index (χ0v) is 8.50. The lowest BCUT2D eigenvalue weighted by molar-refractivity contribution is 0.101. The largest absolute Gasteiger partial charge is 0.491 e. The number of rotatable bonds is 3. The van der Waals surface area contributed by atoms with Crippen molar-refractivity contribution in [3.63, 3.8) is 0 Å². The van der Waals surface area contributed by atoms with Crippen LogP contribution in [0.3, 0.4) is 0 Å². The number of Topliss-reactive ketones (excluding diaryl/α,β-unsaturated/α-hetero) is 1. The van der Waals surface area contributed by atoms with Gasteiger partial charge >= 0.3 is 0 Å². The molecule has 15 heavy (non-hydrogen) atoms. The van der Waals surface area contributed by atoms with E-state index in [1.165, 1.54) is 13.0 Å². The second-order valence-corrected chi connectivity index (χ2v) is 2.93. The number of ether oxygens (including phenoxy) is 1. The second-order valence-electron chi connectivity index (χ2n) is 2.93. The van der Waals surface area contributed by atoms with Crippen molar-refractivity contribution in [3.05, 3.63) is 29.1 Å². The van der Waals surface area contributed by atoms with Gasteiger partial charge in [0.15, 0.2) is 17.3 Å². The predicted molar refractivity (Wildman–Crippen MR) is 52.3 cm³/mol. The molecule has 0 N–H and O–H groups in total. The molecule has 0 saturated carbocycles. The zero-order chi connectivity index (χ0) is 11.4. The van der Waals surface area contributed by atoms with E-state index in [4.69, 9.17) is 10.00 Å². The Hall–Kier alpha value is -1.89. The third kappa shape index (κ3) is 2.32. The van der Waals surface area contributed by atoms with Gasteiger partial charge in [0, 0.05) is 11.6 Å². The van der Waals surface area contributed by atoms with Crippen molar-refractivity contribution in [2.24, 2.45) is 0 Å². The van der Waals surface area contributed by atoms with Crippen LogP contribution in [0.2, 0.25) is 0 Å². The van der Waals surface area contributed by atoms with Gasteiger partial charge in [-0.05, 0) is 19.9 Å². The Labute approximate surface area is 87.1 Å². The summed E-state index contributed by atoms with van der Waals surface area (Å²) in [5.41, 5.74) is 0.214. The maximum Gasteiger partial charge on any atom is 0.165 e. The number of benzene rings is 1. The number of hydrogen-bond donors (Lipinski definition) is 0. The van der Waals surface area contributed by atoms with Crippen LogP contribution in [0.1, 0.15) is 29.8 Å². The number of hydrogen-bond acceptors (Lipinski definition) is 3. The maximum atomic E-state index is 13.3. The fourth-order valence-corrected chi connectivity index (χ4v) is 1.20. The van der Waals surface area contributed by atoms with Gasteiger partial charge < -0.3 is 4.74 Å². The molecule has 0 fully saturated rings. The molecule has 0 aliphatic heterocycles. The minimum Gasteiger partial charge on any atom is -0.491 e. The number of nitrogens with zero attached hydrogens (tertiary/aromatic N) is 1.